The Morgan fingerprint density at radius 1 is 1.50 bits per heavy atom. The summed E-state index contributed by atoms with van der Waals surface area (Å²) in [5, 5.41) is 8.27. The van der Waals surface area contributed by atoms with E-state index in [9.17, 15) is 9.59 Å². The molecule has 0 aromatic heterocycles. The summed E-state index contributed by atoms with van der Waals surface area (Å²) in [5.41, 5.74) is 4.89. The minimum atomic E-state index is -1.04. The van der Waals surface area contributed by atoms with Crippen molar-refractivity contribution in [3.63, 3.8) is 0 Å². The van der Waals surface area contributed by atoms with Crippen LogP contribution in [0.3, 0.4) is 0 Å². The highest BCUT2D eigenvalue weighted by molar-refractivity contribution is 5.72. The molecule has 0 aromatic carbocycles. The highest BCUT2D eigenvalue weighted by atomic mass is 16.4. The summed E-state index contributed by atoms with van der Waals surface area (Å²) in [7, 11) is 2.88. The lowest BCUT2D eigenvalue weighted by atomic mass is 10.5. The third-order valence-corrected chi connectivity index (χ3v) is 1.13. The number of carbonyl (C=O) groups is 2. The Balaban J connectivity index is 4.13. The van der Waals surface area contributed by atoms with Gasteiger partial charge in [0.25, 0.3) is 0 Å². The number of likely N-dealkylation sites (N-methyl/N-ethyl adjacent to an activating group) is 1. The van der Waals surface area contributed by atoms with E-state index in [1.54, 1.807) is 0 Å². The van der Waals surface area contributed by atoms with E-state index in [1.807, 2.05) is 0 Å². The molecule has 58 valence electrons. The average molecular weight is 147 g/mol. The number of urea groups is 1. The molecule has 5 heteroatoms. The summed E-state index contributed by atoms with van der Waals surface area (Å²) in [4.78, 5) is 20.6. The van der Waals surface area contributed by atoms with E-state index in [1.165, 1.54) is 14.1 Å². The third-order valence-electron chi connectivity index (χ3n) is 1.13. The first-order valence-corrected chi connectivity index (χ1v) is 2.71. The van der Waals surface area contributed by atoms with Gasteiger partial charge in [0.05, 0.1) is 14.1 Å². The molecule has 5 nitrogen and oxygen atoms in total. The number of primary amides is 1. The molecule has 0 bridgehead atoms. The second-order valence-electron chi connectivity index (χ2n) is 2.58. The van der Waals surface area contributed by atoms with Gasteiger partial charge < -0.3 is 10.8 Å². The number of quaternary nitrogens is 1. The number of hydrogen-bond acceptors (Lipinski definition) is 2. The van der Waals surface area contributed by atoms with Crippen molar-refractivity contribution in [3.8, 4) is 0 Å². The summed E-state index contributed by atoms with van der Waals surface area (Å²) in [6.45, 7) is -0.282. The van der Waals surface area contributed by atoms with Crippen LogP contribution < -0.4 is 5.73 Å². The molecule has 10 heavy (non-hydrogen) atoms. The zero-order chi connectivity index (χ0) is 8.36. The quantitative estimate of drug-likeness (QED) is 0.503. The van der Waals surface area contributed by atoms with Crippen molar-refractivity contribution in [2.45, 2.75) is 0 Å². The summed E-state index contributed by atoms with van der Waals surface area (Å²) in [6, 6.07) is -0.651. The van der Waals surface area contributed by atoms with Crippen LogP contribution in [-0.2, 0) is 4.79 Å². The Kier molecular flexibility index (Phi) is 2.36. The predicted molar refractivity (Wildman–Crippen MR) is 34.2 cm³/mol. The molecule has 0 aromatic rings. The van der Waals surface area contributed by atoms with Crippen molar-refractivity contribution in [3.05, 3.63) is 0 Å². The largest absolute Gasteiger partial charge is 0.477 e. The zero-order valence-electron chi connectivity index (χ0n) is 6.00. The number of hydrogen-bond donors (Lipinski definition) is 2. The molecule has 0 saturated heterocycles. The Morgan fingerprint density at radius 3 is 2.00 bits per heavy atom. The van der Waals surface area contributed by atoms with Crippen molar-refractivity contribution in [2.24, 2.45) is 5.73 Å². The van der Waals surface area contributed by atoms with Gasteiger partial charge in [0, 0.05) is 0 Å². The van der Waals surface area contributed by atoms with E-state index in [0.717, 1.165) is 0 Å². The number of carboxylic acids is 1. The summed E-state index contributed by atoms with van der Waals surface area (Å²) >= 11 is 0. The van der Waals surface area contributed by atoms with E-state index in [2.05, 4.69) is 0 Å². The van der Waals surface area contributed by atoms with Crippen molar-refractivity contribution in [1.82, 2.24) is 0 Å². The zero-order valence-corrected chi connectivity index (χ0v) is 6.00. The van der Waals surface area contributed by atoms with Crippen molar-refractivity contribution < 1.29 is 19.2 Å². The molecule has 0 aliphatic carbocycles. The third kappa shape index (κ3) is 2.45. The summed E-state index contributed by atoms with van der Waals surface area (Å²) < 4.78 is -0.324. The van der Waals surface area contributed by atoms with Crippen LogP contribution in [0, 0.1) is 0 Å². The van der Waals surface area contributed by atoms with E-state index in [0.29, 0.717) is 0 Å². The van der Waals surface area contributed by atoms with Crippen molar-refractivity contribution >= 4 is 12.0 Å². The number of carboxylic acid groups (broad SMARTS) is 1. The van der Waals surface area contributed by atoms with Gasteiger partial charge in [-0.2, -0.15) is 0 Å². The topological polar surface area (TPSA) is 80.4 Å². The van der Waals surface area contributed by atoms with Gasteiger partial charge in [0.2, 0.25) is 0 Å². The van der Waals surface area contributed by atoms with Gasteiger partial charge in [-0.05, 0) is 0 Å². The number of amides is 2. The Hall–Kier alpha value is -1.10. The van der Waals surface area contributed by atoms with Gasteiger partial charge in [-0.25, -0.2) is 14.1 Å². The van der Waals surface area contributed by atoms with Crippen LogP contribution in [0.15, 0.2) is 0 Å². The second kappa shape index (κ2) is 2.66. The number of rotatable bonds is 2. The lowest BCUT2D eigenvalue weighted by Crippen LogP contribution is -2.51. The van der Waals surface area contributed by atoms with Crippen LogP contribution in [0.1, 0.15) is 0 Å². The standard InChI is InChI=1S/C5H10N2O3/c1-7(2,5(6)10)3-4(8)9/h3H2,1-2H3,(H2-,6,8,9,10)/p+1. The number of carbonyl (C=O) groups excluding carboxylic acids is 1. The Bertz CT molecular complexity index is 164. The van der Waals surface area contributed by atoms with Gasteiger partial charge in [0.1, 0.15) is 0 Å². The lowest BCUT2D eigenvalue weighted by Gasteiger charge is -2.21. The molecule has 0 heterocycles. The molecule has 0 unspecified atom stereocenters. The molecule has 0 aliphatic rings. The minimum Gasteiger partial charge on any atom is -0.477 e. The van der Waals surface area contributed by atoms with E-state index >= 15 is 0 Å². The Labute approximate surface area is 58.6 Å². The highest BCUT2D eigenvalue weighted by Crippen LogP contribution is 1.94. The number of aliphatic carboxylic acids is 1. The van der Waals surface area contributed by atoms with Crippen molar-refractivity contribution in [2.75, 3.05) is 20.6 Å². The lowest BCUT2D eigenvalue weighted by molar-refractivity contribution is -0.799. The van der Waals surface area contributed by atoms with Crippen molar-refractivity contribution in [1.29, 1.82) is 0 Å². The maximum atomic E-state index is 10.5. The molecule has 0 saturated carbocycles. The first-order chi connectivity index (χ1) is 4.36. The SMILES string of the molecule is C[N+](C)(CC(=O)O)C(N)=O. The first kappa shape index (κ1) is 8.90. The smallest absolute Gasteiger partial charge is 0.414 e. The van der Waals surface area contributed by atoms with Gasteiger partial charge in [-0.15, -0.1) is 0 Å². The first-order valence-electron chi connectivity index (χ1n) is 2.71. The van der Waals surface area contributed by atoms with Gasteiger partial charge in [0.15, 0.2) is 6.54 Å². The van der Waals surface area contributed by atoms with Crippen LogP contribution in [-0.4, -0.2) is 42.2 Å². The molecular formula is C5H11N2O3+. The van der Waals surface area contributed by atoms with Crippen LogP contribution in [0.5, 0.6) is 0 Å². The van der Waals surface area contributed by atoms with Gasteiger partial charge in [-0.1, -0.05) is 0 Å². The van der Waals surface area contributed by atoms with E-state index in [-0.39, 0.29) is 11.0 Å². The van der Waals surface area contributed by atoms with Crippen LogP contribution in [0.2, 0.25) is 0 Å². The molecular weight excluding hydrogens is 136 g/mol. The second-order valence-corrected chi connectivity index (χ2v) is 2.58. The average Bonchev–Trinajstić information content (AvgIpc) is 1.60. The number of nitrogens with two attached hydrogens (primary N) is 1. The predicted octanol–water partition coefficient (Wildman–Crippen LogP) is -0.774. The van der Waals surface area contributed by atoms with Crippen LogP contribution in [0.4, 0.5) is 4.79 Å². The molecule has 0 radical (unpaired) electrons. The number of nitrogens with zero attached hydrogens (tertiary/aromatic N) is 1. The maximum absolute atomic E-state index is 10.5. The van der Waals surface area contributed by atoms with Gasteiger partial charge in [-0.3, -0.25) is 0 Å². The molecule has 0 rings (SSSR count). The van der Waals surface area contributed by atoms with E-state index < -0.39 is 12.0 Å². The molecule has 0 fully saturated rings. The fourth-order valence-electron chi connectivity index (χ4n) is 0.416. The fraction of sp³-hybridized carbons (Fsp3) is 0.600. The molecule has 0 aliphatic heterocycles. The molecule has 3 N–H and O–H groups in total. The highest BCUT2D eigenvalue weighted by Gasteiger charge is 2.26. The monoisotopic (exact) mass is 147 g/mol. The van der Waals surface area contributed by atoms with Crippen LogP contribution in [0.25, 0.3) is 0 Å². The van der Waals surface area contributed by atoms with Crippen LogP contribution >= 0.6 is 0 Å². The molecule has 2 amide bonds. The van der Waals surface area contributed by atoms with E-state index in [4.69, 9.17) is 10.8 Å². The summed E-state index contributed by atoms with van der Waals surface area (Å²) in [5.74, 6) is -1.04. The fourth-order valence-corrected chi connectivity index (χ4v) is 0.416. The Morgan fingerprint density at radius 2 is 1.90 bits per heavy atom. The maximum Gasteiger partial charge on any atom is 0.414 e. The molecule has 0 atom stereocenters. The summed E-state index contributed by atoms with van der Waals surface area (Å²) in [6.07, 6.45) is 0. The molecule has 0 spiro atoms. The normalized spacial score (nSPS) is 11.0. The minimum absolute atomic E-state index is 0.282. The van der Waals surface area contributed by atoms with Gasteiger partial charge >= 0.3 is 12.0 Å².